The van der Waals surface area contributed by atoms with Gasteiger partial charge in [-0.1, -0.05) is 12.1 Å². The number of nitrogens with one attached hydrogen (secondary N) is 2. The van der Waals surface area contributed by atoms with Crippen LogP contribution in [0.25, 0.3) is 0 Å². The van der Waals surface area contributed by atoms with E-state index in [4.69, 9.17) is 9.47 Å². The normalized spacial score (nSPS) is 14.1. The molecule has 0 saturated heterocycles. The summed E-state index contributed by atoms with van der Waals surface area (Å²) in [5.74, 6) is -0.663. The van der Waals surface area contributed by atoms with Gasteiger partial charge >= 0.3 is 5.97 Å². The Labute approximate surface area is 169 Å². The number of methoxy groups -OCH3 is 1. The first-order valence-corrected chi connectivity index (χ1v) is 9.43. The van der Waals surface area contributed by atoms with E-state index >= 15 is 0 Å². The van der Waals surface area contributed by atoms with Crippen LogP contribution in [0, 0.1) is 5.41 Å². The van der Waals surface area contributed by atoms with Gasteiger partial charge in [0.2, 0.25) is 11.8 Å². The molecule has 0 aromatic heterocycles. The minimum atomic E-state index is -1.14. The van der Waals surface area contributed by atoms with Gasteiger partial charge in [-0.3, -0.25) is 9.59 Å². The summed E-state index contributed by atoms with van der Waals surface area (Å²) < 4.78 is 10.3. The molecule has 3 rings (SSSR count). The van der Waals surface area contributed by atoms with Crippen LogP contribution in [0.1, 0.15) is 37.0 Å². The van der Waals surface area contributed by atoms with E-state index in [-0.39, 0.29) is 17.6 Å². The molecule has 0 atom stereocenters. The summed E-state index contributed by atoms with van der Waals surface area (Å²) in [6.07, 6.45) is 0.945. The van der Waals surface area contributed by atoms with Crippen LogP contribution in [-0.2, 0) is 14.3 Å². The molecule has 0 spiro atoms. The Morgan fingerprint density at radius 1 is 0.931 bits per heavy atom. The lowest BCUT2D eigenvalue weighted by Crippen LogP contribution is -2.36. The first-order chi connectivity index (χ1) is 13.9. The third kappa shape index (κ3) is 4.56. The largest absolute Gasteiger partial charge is 0.491 e. The minimum Gasteiger partial charge on any atom is -0.491 e. The number of carbonyl (C=O) groups is 3. The first-order valence-electron chi connectivity index (χ1n) is 9.43. The Hall–Kier alpha value is -3.35. The van der Waals surface area contributed by atoms with Gasteiger partial charge in [0.25, 0.3) is 0 Å². The summed E-state index contributed by atoms with van der Waals surface area (Å²) in [6.45, 7) is 3.87. The Bertz CT molecular complexity index is 917. The van der Waals surface area contributed by atoms with E-state index in [0.717, 1.165) is 0 Å². The lowest BCUT2D eigenvalue weighted by molar-refractivity contribution is -0.131. The highest BCUT2D eigenvalue weighted by Gasteiger charge is 2.56. The average molecular weight is 396 g/mol. The van der Waals surface area contributed by atoms with Crippen LogP contribution in [0.15, 0.2) is 48.5 Å². The van der Waals surface area contributed by atoms with Crippen molar-refractivity contribution in [2.24, 2.45) is 5.41 Å². The topological polar surface area (TPSA) is 93.7 Å². The van der Waals surface area contributed by atoms with Gasteiger partial charge in [0.1, 0.15) is 11.2 Å². The highest BCUT2D eigenvalue weighted by Crippen LogP contribution is 2.47. The van der Waals surface area contributed by atoms with Crippen molar-refractivity contribution < 1.29 is 23.9 Å². The molecule has 2 aromatic rings. The number of hydrogen-bond acceptors (Lipinski definition) is 5. The van der Waals surface area contributed by atoms with E-state index in [2.05, 4.69) is 10.6 Å². The molecule has 1 saturated carbocycles. The Kier molecular flexibility index (Phi) is 5.87. The van der Waals surface area contributed by atoms with Crippen LogP contribution in [0.5, 0.6) is 5.75 Å². The molecule has 2 N–H and O–H groups in total. The third-order valence-electron chi connectivity index (χ3n) is 4.68. The molecule has 152 valence electrons. The number of para-hydroxylation sites is 1. The molecular weight excluding hydrogens is 372 g/mol. The zero-order chi connectivity index (χ0) is 21.0. The highest BCUT2D eigenvalue weighted by atomic mass is 16.5. The van der Waals surface area contributed by atoms with E-state index in [1.165, 1.54) is 7.11 Å². The Morgan fingerprint density at radius 3 is 2.14 bits per heavy atom. The number of rotatable bonds is 7. The van der Waals surface area contributed by atoms with Gasteiger partial charge in [-0.2, -0.15) is 0 Å². The van der Waals surface area contributed by atoms with Gasteiger partial charge in [-0.25, -0.2) is 4.79 Å². The maximum Gasteiger partial charge on any atom is 0.339 e. The summed E-state index contributed by atoms with van der Waals surface area (Å²) in [6, 6.07) is 13.5. The molecular formula is C22H24N2O5. The van der Waals surface area contributed by atoms with Crippen molar-refractivity contribution in [2.75, 3.05) is 17.7 Å². The molecule has 29 heavy (non-hydrogen) atoms. The molecule has 0 bridgehead atoms. The van der Waals surface area contributed by atoms with Gasteiger partial charge in [0, 0.05) is 5.69 Å². The SMILES string of the molecule is COC(=O)c1ccccc1NC(=O)C1(C(=O)Nc2ccc(OC(C)C)cc2)CC1. The molecule has 7 nitrogen and oxygen atoms in total. The summed E-state index contributed by atoms with van der Waals surface area (Å²) in [5, 5.41) is 5.50. The van der Waals surface area contributed by atoms with Gasteiger partial charge in [-0.05, 0) is 63.1 Å². The third-order valence-corrected chi connectivity index (χ3v) is 4.68. The molecule has 2 amide bonds. The standard InChI is InChI=1S/C22H24N2O5/c1-14(2)29-16-10-8-15(9-11-16)23-20(26)22(12-13-22)21(27)24-18-7-5-4-6-17(18)19(25)28-3/h4-11,14H,12-13H2,1-3H3,(H,23,26)(H,24,27). The number of esters is 1. The number of carbonyl (C=O) groups excluding carboxylic acids is 3. The lowest BCUT2D eigenvalue weighted by atomic mass is 10.0. The second kappa shape index (κ2) is 8.34. The Morgan fingerprint density at radius 2 is 1.55 bits per heavy atom. The van der Waals surface area contributed by atoms with E-state index in [1.807, 2.05) is 13.8 Å². The maximum atomic E-state index is 12.8. The monoisotopic (exact) mass is 396 g/mol. The van der Waals surface area contributed by atoms with Crippen molar-refractivity contribution in [2.45, 2.75) is 32.8 Å². The van der Waals surface area contributed by atoms with Gasteiger partial charge in [-0.15, -0.1) is 0 Å². The number of benzene rings is 2. The van der Waals surface area contributed by atoms with Crippen LogP contribution in [0.4, 0.5) is 11.4 Å². The quantitative estimate of drug-likeness (QED) is 0.551. The summed E-state index contributed by atoms with van der Waals surface area (Å²) in [5.41, 5.74) is -0.00451. The van der Waals surface area contributed by atoms with Crippen molar-refractivity contribution in [1.29, 1.82) is 0 Å². The molecule has 1 fully saturated rings. The minimum absolute atomic E-state index is 0.0572. The Balaban J connectivity index is 1.69. The van der Waals surface area contributed by atoms with Crippen LogP contribution in [0.3, 0.4) is 0 Å². The fourth-order valence-electron chi connectivity index (χ4n) is 2.94. The van der Waals surface area contributed by atoms with Gasteiger partial charge < -0.3 is 20.1 Å². The van der Waals surface area contributed by atoms with Crippen LogP contribution in [-0.4, -0.2) is 31.0 Å². The molecule has 0 radical (unpaired) electrons. The van der Waals surface area contributed by atoms with Gasteiger partial charge in [0.05, 0.1) is 24.5 Å². The van der Waals surface area contributed by atoms with Crippen LogP contribution in [0.2, 0.25) is 0 Å². The molecule has 7 heteroatoms. The number of amides is 2. The van der Waals surface area contributed by atoms with Crippen LogP contribution < -0.4 is 15.4 Å². The second-order valence-corrected chi connectivity index (χ2v) is 7.22. The zero-order valence-corrected chi connectivity index (χ0v) is 16.7. The first kappa shape index (κ1) is 20.4. The fourth-order valence-corrected chi connectivity index (χ4v) is 2.94. The molecule has 0 aliphatic heterocycles. The summed E-state index contributed by atoms with van der Waals surface area (Å²) >= 11 is 0. The average Bonchev–Trinajstić information content (AvgIpc) is 3.51. The number of ether oxygens (including phenoxy) is 2. The number of hydrogen-bond donors (Lipinski definition) is 2. The fraction of sp³-hybridized carbons (Fsp3) is 0.318. The predicted octanol–water partition coefficient (Wildman–Crippen LogP) is 3.62. The van der Waals surface area contributed by atoms with E-state index in [1.54, 1.807) is 48.5 Å². The lowest BCUT2D eigenvalue weighted by Gasteiger charge is -2.17. The predicted molar refractivity (Wildman–Crippen MR) is 109 cm³/mol. The van der Waals surface area contributed by atoms with Crippen molar-refractivity contribution in [3.63, 3.8) is 0 Å². The zero-order valence-electron chi connectivity index (χ0n) is 16.7. The second-order valence-electron chi connectivity index (χ2n) is 7.22. The smallest absolute Gasteiger partial charge is 0.339 e. The van der Waals surface area contributed by atoms with E-state index in [0.29, 0.717) is 30.0 Å². The van der Waals surface area contributed by atoms with E-state index in [9.17, 15) is 14.4 Å². The molecule has 2 aromatic carbocycles. The van der Waals surface area contributed by atoms with Gasteiger partial charge in [0.15, 0.2) is 0 Å². The van der Waals surface area contributed by atoms with Crippen molar-refractivity contribution in [3.8, 4) is 5.75 Å². The van der Waals surface area contributed by atoms with Crippen LogP contribution >= 0.6 is 0 Å². The van der Waals surface area contributed by atoms with Crippen molar-refractivity contribution in [1.82, 2.24) is 0 Å². The van der Waals surface area contributed by atoms with Crippen molar-refractivity contribution >= 4 is 29.2 Å². The summed E-state index contributed by atoms with van der Waals surface area (Å²) in [4.78, 5) is 37.5. The number of anilines is 2. The van der Waals surface area contributed by atoms with E-state index < -0.39 is 17.3 Å². The molecule has 0 unspecified atom stereocenters. The highest BCUT2D eigenvalue weighted by molar-refractivity contribution is 6.17. The summed E-state index contributed by atoms with van der Waals surface area (Å²) in [7, 11) is 1.27. The maximum absolute atomic E-state index is 12.8. The van der Waals surface area contributed by atoms with Crippen molar-refractivity contribution in [3.05, 3.63) is 54.1 Å². The molecule has 1 aliphatic rings. The molecule has 1 aliphatic carbocycles. The molecule has 0 heterocycles.